The summed E-state index contributed by atoms with van der Waals surface area (Å²) < 4.78 is 31.2. The lowest BCUT2D eigenvalue weighted by molar-refractivity contribution is 0.172. The SMILES string of the molecule is CS(=O)(=O)Nc1cccc(C(O)CNCCOc2ccc3c(c2)[nH]c2cc(-c4ccccc4)ccc23)c1. The number of sulfonamides is 1. The second-order valence-electron chi connectivity index (χ2n) is 9.03. The molecule has 37 heavy (non-hydrogen) atoms. The molecule has 4 N–H and O–H groups in total. The summed E-state index contributed by atoms with van der Waals surface area (Å²) in [4.78, 5) is 3.51. The molecule has 5 rings (SSSR count). The van der Waals surface area contributed by atoms with E-state index in [-0.39, 0.29) is 0 Å². The van der Waals surface area contributed by atoms with Gasteiger partial charge in [-0.3, -0.25) is 4.72 Å². The van der Waals surface area contributed by atoms with Gasteiger partial charge in [0.25, 0.3) is 0 Å². The fourth-order valence-corrected chi connectivity index (χ4v) is 4.97. The van der Waals surface area contributed by atoms with Gasteiger partial charge in [0.2, 0.25) is 10.0 Å². The minimum absolute atomic E-state index is 0.316. The van der Waals surface area contributed by atoms with E-state index in [1.807, 2.05) is 30.3 Å². The van der Waals surface area contributed by atoms with Crippen LogP contribution >= 0.6 is 0 Å². The number of nitrogens with one attached hydrogen (secondary N) is 3. The van der Waals surface area contributed by atoms with Crippen molar-refractivity contribution in [1.29, 1.82) is 0 Å². The highest BCUT2D eigenvalue weighted by Crippen LogP contribution is 2.31. The van der Waals surface area contributed by atoms with E-state index in [1.54, 1.807) is 24.3 Å². The summed E-state index contributed by atoms with van der Waals surface area (Å²) >= 11 is 0. The number of hydrogen-bond donors (Lipinski definition) is 4. The van der Waals surface area contributed by atoms with Crippen LogP contribution in [-0.2, 0) is 10.0 Å². The summed E-state index contributed by atoms with van der Waals surface area (Å²) in [7, 11) is -3.37. The standard InChI is InChI=1S/C29H29N3O4S/c1-37(34,35)32-23-9-5-8-22(16-23)29(33)19-30-14-15-36-24-11-13-26-25-12-10-21(20-6-3-2-4-7-20)17-27(25)31-28(26)18-24/h2-13,16-18,29-33H,14-15,19H2,1H3. The molecule has 190 valence electrons. The maximum absolute atomic E-state index is 11.4. The molecular formula is C29H29N3O4S. The Morgan fingerprint density at radius 2 is 1.62 bits per heavy atom. The van der Waals surface area contributed by atoms with Crippen LogP contribution in [-0.4, -0.2) is 44.5 Å². The van der Waals surface area contributed by atoms with Crippen molar-refractivity contribution in [1.82, 2.24) is 10.3 Å². The summed E-state index contributed by atoms with van der Waals surface area (Å²) in [5, 5.41) is 16.0. The van der Waals surface area contributed by atoms with Crippen molar-refractivity contribution >= 4 is 37.5 Å². The Morgan fingerprint density at radius 1 is 0.865 bits per heavy atom. The van der Waals surface area contributed by atoms with Crippen LogP contribution in [0.3, 0.4) is 0 Å². The molecule has 0 radical (unpaired) electrons. The number of fused-ring (bicyclic) bond motifs is 3. The Hall–Kier alpha value is -3.85. The number of benzene rings is 4. The number of rotatable bonds is 10. The van der Waals surface area contributed by atoms with E-state index in [0.717, 1.165) is 28.4 Å². The number of anilines is 1. The largest absolute Gasteiger partial charge is 0.492 e. The van der Waals surface area contributed by atoms with E-state index in [1.165, 1.54) is 16.5 Å². The van der Waals surface area contributed by atoms with Crippen LogP contribution < -0.4 is 14.8 Å². The van der Waals surface area contributed by atoms with Crippen molar-refractivity contribution in [3.05, 3.63) is 96.6 Å². The van der Waals surface area contributed by atoms with Crippen molar-refractivity contribution in [2.24, 2.45) is 0 Å². The van der Waals surface area contributed by atoms with Gasteiger partial charge in [0.15, 0.2) is 0 Å². The van der Waals surface area contributed by atoms with Crippen LogP contribution in [0.15, 0.2) is 91.0 Å². The van der Waals surface area contributed by atoms with Crippen molar-refractivity contribution in [3.8, 4) is 16.9 Å². The predicted molar refractivity (Wildman–Crippen MR) is 149 cm³/mol. The molecule has 0 saturated heterocycles. The zero-order valence-electron chi connectivity index (χ0n) is 20.4. The normalized spacial score (nSPS) is 12.6. The average molecular weight is 516 g/mol. The van der Waals surface area contributed by atoms with Crippen LogP contribution in [0.1, 0.15) is 11.7 Å². The molecule has 5 aromatic rings. The second-order valence-corrected chi connectivity index (χ2v) is 10.8. The average Bonchev–Trinajstić information content (AvgIpc) is 3.25. The lowest BCUT2D eigenvalue weighted by Gasteiger charge is -2.14. The van der Waals surface area contributed by atoms with Gasteiger partial charge < -0.3 is 20.1 Å². The summed E-state index contributed by atoms with van der Waals surface area (Å²) in [5.41, 5.74) is 5.50. The van der Waals surface area contributed by atoms with Gasteiger partial charge in [0.1, 0.15) is 12.4 Å². The number of H-pyrrole nitrogens is 1. The lowest BCUT2D eigenvalue weighted by Crippen LogP contribution is -2.26. The van der Waals surface area contributed by atoms with Crippen LogP contribution in [0.4, 0.5) is 5.69 Å². The molecule has 0 amide bonds. The van der Waals surface area contributed by atoms with Gasteiger partial charge in [-0.2, -0.15) is 0 Å². The molecule has 4 aromatic carbocycles. The quantitative estimate of drug-likeness (QED) is 0.195. The number of hydrogen-bond acceptors (Lipinski definition) is 5. The molecular weight excluding hydrogens is 486 g/mol. The topological polar surface area (TPSA) is 103 Å². The molecule has 0 aliphatic heterocycles. The first kappa shape index (κ1) is 24.8. The number of aliphatic hydroxyl groups excluding tert-OH is 1. The van der Waals surface area contributed by atoms with E-state index >= 15 is 0 Å². The zero-order chi connectivity index (χ0) is 25.8. The van der Waals surface area contributed by atoms with Crippen molar-refractivity contribution in [2.75, 3.05) is 30.7 Å². The monoisotopic (exact) mass is 515 g/mol. The first-order valence-corrected chi connectivity index (χ1v) is 14.0. The van der Waals surface area contributed by atoms with Crippen LogP contribution in [0.2, 0.25) is 0 Å². The van der Waals surface area contributed by atoms with E-state index in [0.29, 0.717) is 30.9 Å². The van der Waals surface area contributed by atoms with Gasteiger partial charge in [-0.15, -0.1) is 0 Å². The summed E-state index contributed by atoms with van der Waals surface area (Å²) in [6, 6.07) is 29.6. The van der Waals surface area contributed by atoms with Crippen molar-refractivity contribution < 1.29 is 18.3 Å². The second kappa shape index (κ2) is 10.6. The first-order chi connectivity index (χ1) is 17.9. The van der Waals surface area contributed by atoms with Crippen LogP contribution in [0.5, 0.6) is 5.75 Å². The van der Waals surface area contributed by atoms with Crippen molar-refractivity contribution in [2.45, 2.75) is 6.10 Å². The third kappa shape index (κ3) is 6.11. The van der Waals surface area contributed by atoms with Crippen LogP contribution in [0.25, 0.3) is 32.9 Å². The third-order valence-corrected chi connectivity index (χ3v) is 6.74. The van der Waals surface area contributed by atoms with Crippen molar-refractivity contribution in [3.63, 3.8) is 0 Å². The molecule has 8 heteroatoms. The third-order valence-electron chi connectivity index (χ3n) is 6.14. The predicted octanol–water partition coefficient (Wildman–Crippen LogP) is 5.06. The molecule has 1 heterocycles. The Balaban J connectivity index is 1.16. The first-order valence-electron chi connectivity index (χ1n) is 12.1. The molecule has 0 saturated carbocycles. The molecule has 1 unspecified atom stereocenters. The van der Waals surface area contributed by atoms with E-state index < -0.39 is 16.1 Å². The molecule has 0 spiro atoms. The lowest BCUT2D eigenvalue weighted by atomic mass is 10.0. The Kier molecular flexibility index (Phi) is 7.14. The highest BCUT2D eigenvalue weighted by atomic mass is 32.2. The number of ether oxygens (including phenoxy) is 1. The van der Waals surface area contributed by atoms with E-state index in [4.69, 9.17) is 4.74 Å². The summed E-state index contributed by atoms with van der Waals surface area (Å²) in [6.07, 6.45) is 0.319. The minimum atomic E-state index is -3.37. The van der Waals surface area contributed by atoms with Gasteiger partial charge in [-0.1, -0.05) is 54.6 Å². The van der Waals surface area contributed by atoms with Gasteiger partial charge >= 0.3 is 0 Å². The van der Waals surface area contributed by atoms with Gasteiger partial charge in [0, 0.05) is 41.1 Å². The maximum atomic E-state index is 11.4. The number of aromatic nitrogens is 1. The summed E-state index contributed by atoms with van der Waals surface area (Å²) in [6.45, 7) is 1.30. The number of aromatic amines is 1. The molecule has 1 atom stereocenters. The molecule has 0 aliphatic rings. The molecule has 0 aliphatic carbocycles. The minimum Gasteiger partial charge on any atom is -0.492 e. The molecule has 0 fully saturated rings. The molecule has 1 aromatic heterocycles. The van der Waals surface area contributed by atoms with Gasteiger partial charge in [-0.05, 0) is 47.0 Å². The van der Waals surface area contributed by atoms with Gasteiger partial charge in [0.05, 0.1) is 17.9 Å². The van der Waals surface area contributed by atoms with Gasteiger partial charge in [-0.25, -0.2) is 8.42 Å². The Bertz CT molecular complexity index is 1630. The Labute approximate surface area is 216 Å². The summed E-state index contributed by atoms with van der Waals surface area (Å²) in [5.74, 6) is 0.768. The fraction of sp³-hybridized carbons (Fsp3) is 0.172. The highest BCUT2D eigenvalue weighted by Gasteiger charge is 2.10. The maximum Gasteiger partial charge on any atom is 0.229 e. The molecule has 7 nitrogen and oxygen atoms in total. The zero-order valence-corrected chi connectivity index (χ0v) is 21.3. The smallest absolute Gasteiger partial charge is 0.229 e. The number of aliphatic hydroxyl groups is 1. The fourth-order valence-electron chi connectivity index (χ4n) is 4.41. The van der Waals surface area contributed by atoms with Crippen LogP contribution in [0, 0.1) is 0 Å². The highest BCUT2D eigenvalue weighted by molar-refractivity contribution is 7.92. The van der Waals surface area contributed by atoms with E-state index in [2.05, 4.69) is 51.4 Å². The van der Waals surface area contributed by atoms with E-state index in [9.17, 15) is 13.5 Å². The molecule has 0 bridgehead atoms. The Morgan fingerprint density at radius 3 is 2.41 bits per heavy atom.